The molecule has 2 aliphatic heterocycles. The van der Waals surface area contributed by atoms with Gasteiger partial charge >= 0.3 is 0 Å². The maximum atomic E-state index is 5.58. The molecule has 2 atom stereocenters. The monoisotopic (exact) mass is 320 g/mol. The zero-order valence-electron chi connectivity index (χ0n) is 14.7. The molecule has 23 heavy (non-hydrogen) atoms. The summed E-state index contributed by atoms with van der Waals surface area (Å²) in [5, 5.41) is 0. The van der Waals surface area contributed by atoms with E-state index in [1.54, 1.807) is 21.3 Å². The lowest BCUT2D eigenvalue weighted by atomic mass is 10.1. The molecule has 2 fully saturated rings. The average Bonchev–Trinajstić information content (AvgIpc) is 3.01. The normalized spacial score (nSPS) is 25.2. The number of benzene rings is 1. The van der Waals surface area contributed by atoms with Gasteiger partial charge in [-0.1, -0.05) is 0 Å². The Kier molecular flexibility index (Phi) is 4.97. The third-order valence-electron chi connectivity index (χ3n) is 5.23. The number of methoxy groups -OCH3 is 3. The predicted molar refractivity (Wildman–Crippen MR) is 90.6 cm³/mol. The largest absolute Gasteiger partial charge is 0.496 e. The van der Waals surface area contributed by atoms with Gasteiger partial charge in [0.2, 0.25) is 0 Å². The maximum Gasteiger partial charge on any atom is 0.164 e. The molecule has 0 aliphatic carbocycles. The molecular weight excluding hydrogens is 292 g/mol. The lowest BCUT2D eigenvalue weighted by molar-refractivity contribution is 0.0535. The minimum absolute atomic E-state index is 0.558. The summed E-state index contributed by atoms with van der Waals surface area (Å²) in [4.78, 5) is 5.21. The highest BCUT2D eigenvalue weighted by Crippen LogP contribution is 2.36. The average molecular weight is 320 g/mol. The van der Waals surface area contributed by atoms with Crippen LogP contribution >= 0.6 is 0 Å². The summed E-state index contributed by atoms with van der Waals surface area (Å²) < 4.78 is 16.4. The predicted octanol–water partition coefficient (Wildman–Crippen LogP) is 2.38. The third kappa shape index (κ3) is 3.26. The van der Waals surface area contributed by atoms with Crippen molar-refractivity contribution in [2.75, 3.05) is 41.0 Å². The van der Waals surface area contributed by atoms with Crippen molar-refractivity contribution < 1.29 is 14.2 Å². The molecule has 0 unspecified atom stereocenters. The first-order valence-electron chi connectivity index (χ1n) is 8.43. The van der Waals surface area contributed by atoms with Gasteiger partial charge in [-0.2, -0.15) is 0 Å². The first kappa shape index (κ1) is 16.4. The third-order valence-corrected chi connectivity index (χ3v) is 5.23. The Morgan fingerprint density at radius 2 is 1.70 bits per heavy atom. The van der Waals surface area contributed by atoms with Crippen LogP contribution in [0.2, 0.25) is 0 Å². The zero-order valence-corrected chi connectivity index (χ0v) is 14.7. The minimum atomic E-state index is 0.558. The molecule has 0 saturated carbocycles. The van der Waals surface area contributed by atoms with Crippen LogP contribution in [0.1, 0.15) is 25.3 Å². The molecule has 2 saturated heterocycles. The SMILES string of the molecule is COc1cc(OC)c(OC)cc1CN1C[C@H]2CCCN2C[C@H]1C. The van der Waals surface area contributed by atoms with E-state index in [1.165, 1.54) is 25.9 Å². The van der Waals surface area contributed by atoms with Crippen LogP contribution < -0.4 is 14.2 Å². The second-order valence-electron chi connectivity index (χ2n) is 6.59. The van der Waals surface area contributed by atoms with Crippen molar-refractivity contribution in [1.29, 1.82) is 0 Å². The first-order valence-corrected chi connectivity index (χ1v) is 8.43. The van der Waals surface area contributed by atoms with Crippen LogP contribution in [0.15, 0.2) is 12.1 Å². The molecule has 128 valence electrons. The molecule has 0 N–H and O–H groups in total. The Labute approximate surface area is 139 Å². The van der Waals surface area contributed by atoms with Crippen molar-refractivity contribution in [3.63, 3.8) is 0 Å². The van der Waals surface area contributed by atoms with Crippen molar-refractivity contribution in [3.8, 4) is 17.2 Å². The van der Waals surface area contributed by atoms with Crippen LogP contribution in [0, 0.1) is 0 Å². The van der Waals surface area contributed by atoms with Gasteiger partial charge in [0.15, 0.2) is 11.5 Å². The van der Waals surface area contributed by atoms with E-state index in [4.69, 9.17) is 14.2 Å². The number of hydrogen-bond acceptors (Lipinski definition) is 5. The van der Waals surface area contributed by atoms with E-state index >= 15 is 0 Å². The van der Waals surface area contributed by atoms with E-state index in [9.17, 15) is 0 Å². The summed E-state index contributed by atoms with van der Waals surface area (Å²) in [5.41, 5.74) is 1.16. The Hall–Kier alpha value is -1.46. The lowest BCUT2D eigenvalue weighted by Crippen LogP contribution is -2.54. The quantitative estimate of drug-likeness (QED) is 0.832. The van der Waals surface area contributed by atoms with Gasteiger partial charge in [-0.25, -0.2) is 0 Å². The van der Waals surface area contributed by atoms with Crippen molar-refractivity contribution >= 4 is 0 Å². The number of rotatable bonds is 5. The number of nitrogens with zero attached hydrogens (tertiary/aromatic N) is 2. The highest BCUT2D eigenvalue weighted by Gasteiger charge is 2.34. The summed E-state index contributed by atoms with van der Waals surface area (Å²) in [6.07, 6.45) is 2.66. The number of hydrogen-bond donors (Lipinski definition) is 0. The van der Waals surface area contributed by atoms with Crippen molar-refractivity contribution in [2.24, 2.45) is 0 Å². The lowest BCUT2D eigenvalue weighted by Gasteiger charge is -2.42. The van der Waals surface area contributed by atoms with Crippen LogP contribution in [0.3, 0.4) is 0 Å². The van der Waals surface area contributed by atoms with E-state index in [2.05, 4.69) is 16.7 Å². The molecule has 0 radical (unpaired) electrons. The molecular formula is C18H28N2O3. The molecule has 0 spiro atoms. The van der Waals surface area contributed by atoms with Crippen LogP contribution in [0.5, 0.6) is 17.2 Å². The fraction of sp³-hybridized carbons (Fsp3) is 0.667. The summed E-state index contributed by atoms with van der Waals surface area (Å²) in [5.74, 6) is 2.33. The fourth-order valence-corrected chi connectivity index (χ4v) is 3.90. The van der Waals surface area contributed by atoms with Crippen LogP contribution in [-0.2, 0) is 6.54 Å². The Morgan fingerprint density at radius 3 is 2.39 bits per heavy atom. The standard InChI is InChI=1S/C18H28N2O3/c1-13-10-19-7-5-6-15(19)12-20(13)11-14-8-17(22-3)18(23-4)9-16(14)21-2/h8-9,13,15H,5-7,10-12H2,1-4H3/t13-,15-/m1/s1. The fourth-order valence-electron chi connectivity index (χ4n) is 3.90. The highest BCUT2D eigenvalue weighted by molar-refractivity contribution is 5.50. The van der Waals surface area contributed by atoms with Gasteiger partial charge in [0.1, 0.15) is 5.75 Å². The first-order chi connectivity index (χ1) is 11.2. The summed E-state index contributed by atoms with van der Waals surface area (Å²) in [6, 6.07) is 5.25. The van der Waals surface area contributed by atoms with Gasteiger partial charge < -0.3 is 14.2 Å². The van der Waals surface area contributed by atoms with Gasteiger partial charge in [0.25, 0.3) is 0 Å². The minimum Gasteiger partial charge on any atom is -0.496 e. The molecule has 1 aromatic carbocycles. The Morgan fingerprint density at radius 1 is 1.00 bits per heavy atom. The second-order valence-corrected chi connectivity index (χ2v) is 6.59. The van der Waals surface area contributed by atoms with E-state index in [1.807, 2.05) is 12.1 Å². The summed E-state index contributed by atoms with van der Waals surface area (Å²) >= 11 is 0. The van der Waals surface area contributed by atoms with E-state index < -0.39 is 0 Å². The van der Waals surface area contributed by atoms with Crippen molar-refractivity contribution in [3.05, 3.63) is 17.7 Å². The van der Waals surface area contributed by atoms with Gasteiger partial charge in [-0.05, 0) is 32.4 Å². The van der Waals surface area contributed by atoms with E-state index in [-0.39, 0.29) is 0 Å². The topological polar surface area (TPSA) is 34.2 Å². The van der Waals surface area contributed by atoms with Crippen molar-refractivity contribution in [1.82, 2.24) is 9.80 Å². The highest BCUT2D eigenvalue weighted by atomic mass is 16.5. The number of piperazine rings is 1. The Bertz CT molecular complexity index is 549. The molecule has 0 bridgehead atoms. The van der Waals surface area contributed by atoms with Gasteiger partial charge in [-0.15, -0.1) is 0 Å². The van der Waals surface area contributed by atoms with Gasteiger partial charge in [-0.3, -0.25) is 9.80 Å². The number of fused-ring (bicyclic) bond motifs is 1. The molecule has 1 aromatic rings. The maximum absolute atomic E-state index is 5.58. The smallest absolute Gasteiger partial charge is 0.164 e. The van der Waals surface area contributed by atoms with Crippen LogP contribution in [-0.4, -0.2) is 62.8 Å². The van der Waals surface area contributed by atoms with E-state index in [0.29, 0.717) is 11.8 Å². The molecule has 3 rings (SSSR count). The Balaban J connectivity index is 1.81. The molecule has 0 amide bonds. The molecule has 5 heteroatoms. The summed E-state index contributed by atoms with van der Waals surface area (Å²) in [7, 11) is 5.04. The summed E-state index contributed by atoms with van der Waals surface area (Å²) in [6.45, 7) is 6.78. The second kappa shape index (κ2) is 6.97. The molecule has 2 heterocycles. The molecule has 2 aliphatic rings. The zero-order chi connectivity index (χ0) is 16.4. The van der Waals surface area contributed by atoms with E-state index in [0.717, 1.165) is 36.2 Å². The van der Waals surface area contributed by atoms with Crippen LogP contribution in [0.25, 0.3) is 0 Å². The van der Waals surface area contributed by atoms with Crippen molar-refractivity contribution in [2.45, 2.75) is 38.4 Å². The van der Waals surface area contributed by atoms with Crippen LogP contribution in [0.4, 0.5) is 0 Å². The van der Waals surface area contributed by atoms with Gasteiger partial charge in [0.05, 0.1) is 21.3 Å². The number of ether oxygens (including phenoxy) is 3. The molecule has 0 aromatic heterocycles. The molecule has 5 nitrogen and oxygen atoms in total. The van der Waals surface area contributed by atoms with Gasteiger partial charge in [0, 0.05) is 43.3 Å².